The van der Waals surface area contributed by atoms with Gasteiger partial charge in [0.2, 0.25) is 0 Å². The lowest BCUT2D eigenvalue weighted by Gasteiger charge is -2.44. The summed E-state index contributed by atoms with van der Waals surface area (Å²) < 4.78 is 18.5. The Labute approximate surface area is 298 Å². The number of nitro groups is 1. The van der Waals surface area contributed by atoms with Crippen LogP contribution in [0, 0.1) is 16.0 Å². The molecular formula is C40H44N4O7. The lowest BCUT2D eigenvalue weighted by Crippen LogP contribution is -2.51. The number of aliphatic hydroxyl groups excluding tert-OH is 1. The SMILES string of the molecule is C=CCOC(=O)NCc1ccccc1-c1ccc(C2OC(CN3CCN(c4ccc([N+](=O)[O-])cc4)CC3)C(C)C(c3ccc(CO)cc3)O2)cc1. The summed E-state index contributed by atoms with van der Waals surface area (Å²) in [6, 6.07) is 30.7. The molecule has 266 valence electrons. The molecule has 2 heterocycles. The molecule has 11 heteroatoms. The molecular weight excluding hydrogens is 648 g/mol. The van der Waals surface area contributed by atoms with Crippen molar-refractivity contribution in [2.24, 2.45) is 5.92 Å². The molecule has 2 aliphatic rings. The normalized spacial score (nSPS) is 20.8. The highest BCUT2D eigenvalue weighted by molar-refractivity contribution is 5.70. The van der Waals surface area contributed by atoms with Gasteiger partial charge in [0, 0.05) is 68.6 Å². The minimum Gasteiger partial charge on any atom is -0.445 e. The number of hydrogen-bond donors (Lipinski definition) is 2. The zero-order valence-electron chi connectivity index (χ0n) is 28.7. The van der Waals surface area contributed by atoms with Crippen LogP contribution in [0.5, 0.6) is 0 Å². The summed E-state index contributed by atoms with van der Waals surface area (Å²) in [6.45, 7) is 10.2. The average Bonchev–Trinajstić information content (AvgIpc) is 3.17. The van der Waals surface area contributed by atoms with Crippen molar-refractivity contribution >= 4 is 17.5 Å². The number of nitrogens with one attached hydrogen (secondary N) is 1. The molecule has 0 aromatic heterocycles. The van der Waals surface area contributed by atoms with Crippen molar-refractivity contribution in [3.05, 3.63) is 142 Å². The Morgan fingerprint density at radius 1 is 0.961 bits per heavy atom. The average molecular weight is 693 g/mol. The van der Waals surface area contributed by atoms with Crippen molar-refractivity contribution in [3.63, 3.8) is 0 Å². The van der Waals surface area contributed by atoms with E-state index in [1.165, 1.54) is 6.08 Å². The van der Waals surface area contributed by atoms with Crippen LogP contribution in [-0.2, 0) is 27.4 Å². The van der Waals surface area contributed by atoms with Crippen LogP contribution in [0.15, 0.2) is 110 Å². The van der Waals surface area contributed by atoms with E-state index in [1.807, 2.05) is 84.9 Å². The number of alkyl carbamates (subject to hydrolysis) is 1. The van der Waals surface area contributed by atoms with Crippen molar-refractivity contribution in [2.45, 2.75) is 38.6 Å². The van der Waals surface area contributed by atoms with Gasteiger partial charge in [-0.3, -0.25) is 15.0 Å². The molecule has 0 spiro atoms. The van der Waals surface area contributed by atoms with E-state index in [-0.39, 0.29) is 42.0 Å². The van der Waals surface area contributed by atoms with Gasteiger partial charge in [-0.05, 0) is 39.9 Å². The maximum Gasteiger partial charge on any atom is 0.407 e. The smallest absolute Gasteiger partial charge is 0.407 e. The number of carbonyl (C=O) groups excluding carboxylic acids is 1. The first-order chi connectivity index (χ1) is 24.8. The number of nitro benzene ring substituents is 1. The van der Waals surface area contributed by atoms with Crippen LogP contribution in [0.1, 0.15) is 41.6 Å². The zero-order chi connectivity index (χ0) is 35.7. The van der Waals surface area contributed by atoms with E-state index in [0.29, 0.717) is 6.54 Å². The predicted octanol–water partition coefficient (Wildman–Crippen LogP) is 6.78. The van der Waals surface area contributed by atoms with Crippen molar-refractivity contribution in [2.75, 3.05) is 44.2 Å². The van der Waals surface area contributed by atoms with E-state index in [1.54, 1.807) is 12.1 Å². The van der Waals surface area contributed by atoms with Crippen LogP contribution in [0.4, 0.5) is 16.2 Å². The quantitative estimate of drug-likeness (QED) is 0.0939. The molecule has 0 saturated carbocycles. The van der Waals surface area contributed by atoms with Crippen molar-refractivity contribution in [1.29, 1.82) is 0 Å². The van der Waals surface area contributed by atoms with E-state index in [2.05, 4.69) is 28.6 Å². The summed E-state index contributed by atoms with van der Waals surface area (Å²) >= 11 is 0. The van der Waals surface area contributed by atoms with Crippen molar-refractivity contribution < 1.29 is 29.0 Å². The number of piperazine rings is 1. The number of nitrogens with zero attached hydrogens (tertiary/aromatic N) is 3. The predicted molar refractivity (Wildman–Crippen MR) is 195 cm³/mol. The molecule has 4 aromatic carbocycles. The zero-order valence-corrected chi connectivity index (χ0v) is 28.7. The third-order valence-electron chi connectivity index (χ3n) is 9.63. The second-order valence-electron chi connectivity index (χ2n) is 12.9. The molecule has 2 saturated heterocycles. The molecule has 2 fully saturated rings. The Hall–Kier alpha value is -5.07. The lowest BCUT2D eigenvalue weighted by atomic mass is 9.89. The standard InChI is InChI=1S/C40H44N4O7/c1-3-24-49-40(46)41-25-33-6-4-5-7-36(33)30-12-14-32(15-13-30)39-50-37(28(2)38(51-39)31-10-8-29(27-45)9-11-31)26-42-20-22-43(23-21-42)34-16-18-35(19-17-34)44(47)48/h3-19,28,37-39,45H,1,20-27H2,2H3,(H,41,46). The number of carbonyl (C=O) groups is 1. The number of amides is 1. The fourth-order valence-electron chi connectivity index (χ4n) is 6.69. The van der Waals surface area contributed by atoms with Crippen molar-refractivity contribution in [1.82, 2.24) is 10.2 Å². The molecule has 0 radical (unpaired) electrons. The van der Waals surface area contributed by atoms with E-state index in [0.717, 1.165) is 71.8 Å². The molecule has 11 nitrogen and oxygen atoms in total. The Bertz CT molecular complexity index is 1770. The summed E-state index contributed by atoms with van der Waals surface area (Å²) in [4.78, 5) is 27.4. The molecule has 2 N–H and O–H groups in total. The largest absolute Gasteiger partial charge is 0.445 e. The third-order valence-corrected chi connectivity index (χ3v) is 9.63. The molecule has 0 aliphatic carbocycles. The van der Waals surface area contributed by atoms with Gasteiger partial charge in [-0.15, -0.1) is 0 Å². The summed E-state index contributed by atoms with van der Waals surface area (Å²) in [5.41, 5.74) is 6.81. The number of aliphatic hydroxyl groups is 1. The van der Waals surface area contributed by atoms with Crippen molar-refractivity contribution in [3.8, 4) is 11.1 Å². The van der Waals surface area contributed by atoms with Crippen LogP contribution in [0.25, 0.3) is 11.1 Å². The Balaban J connectivity index is 1.17. The first-order valence-electron chi connectivity index (χ1n) is 17.2. The maximum atomic E-state index is 12.0. The van der Waals surface area contributed by atoms with E-state index in [4.69, 9.17) is 14.2 Å². The van der Waals surface area contributed by atoms with Gasteiger partial charge < -0.3 is 29.5 Å². The first kappa shape index (κ1) is 35.7. The Morgan fingerprint density at radius 2 is 1.65 bits per heavy atom. The van der Waals surface area contributed by atoms with Gasteiger partial charge in [0.15, 0.2) is 6.29 Å². The van der Waals surface area contributed by atoms with Crippen LogP contribution >= 0.6 is 0 Å². The molecule has 2 aliphatic heterocycles. The number of non-ortho nitro benzene ring substituents is 1. The van der Waals surface area contributed by atoms with E-state index in [9.17, 15) is 20.0 Å². The number of ether oxygens (including phenoxy) is 3. The van der Waals surface area contributed by atoms with Gasteiger partial charge in [0.25, 0.3) is 5.69 Å². The van der Waals surface area contributed by atoms with Crippen LogP contribution in [0.2, 0.25) is 0 Å². The fourth-order valence-corrected chi connectivity index (χ4v) is 6.69. The summed E-state index contributed by atoms with van der Waals surface area (Å²) in [5, 5.41) is 23.5. The number of anilines is 1. The number of hydrogen-bond acceptors (Lipinski definition) is 9. The number of benzene rings is 4. The van der Waals surface area contributed by atoms with Crippen LogP contribution in [-0.4, -0.2) is 66.5 Å². The van der Waals surface area contributed by atoms with Gasteiger partial charge in [-0.2, -0.15) is 0 Å². The topological polar surface area (TPSA) is 127 Å². The summed E-state index contributed by atoms with van der Waals surface area (Å²) in [6.07, 6.45) is 0.0856. The third kappa shape index (κ3) is 8.81. The van der Waals surface area contributed by atoms with E-state index < -0.39 is 12.4 Å². The monoisotopic (exact) mass is 692 g/mol. The van der Waals surface area contributed by atoms with Gasteiger partial charge >= 0.3 is 6.09 Å². The Kier molecular flexibility index (Phi) is 11.7. The molecule has 4 unspecified atom stereocenters. The van der Waals surface area contributed by atoms with Gasteiger partial charge in [0.1, 0.15) is 6.61 Å². The van der Waals surface area contributed by atoms with Crippen LogP contribution < -0.4 is 10.2 Å². The second kappa shape index (κ2) is 16.8. The Morgan fingerprint density at radius 3 is 2.31 bits per heavy atom. The highest BCUT2D eigenvalue weighted by Gasteiger charge is 2.39. The van der Waals surface area contributed by atoms with Gasteiger partial charge in [0.05, 0.1) is 23.7 Å². The number of rotatable bonds is 12. The molecule has 0 bridgehead atoms. The summed E-state index contributed by atoms with van der Waals surface area (Å²) in [7, 11) is 0. The molecule has 6 rings (SSSR count). The summed E-state index contributed by atoms with van der Waals surface area (Å²) in [5.74, 6) is 0.0470. The van der Waals surface area contributed by atoms with Gasteiger partial charge in [-0.1, -0.05) is 92.4 Å². The lowest BCUT2D eigenvalue weighted by molar-refractivity contribution is -0.384. The minimum absolute atomic E-state index is 0.0213. The minimum atomic E-state index is -0.597. The maximum absolute atomic E-state index is 12.0. The molecule has 1 amide bonds. The van der Waals surface area contributed by atoms with E-state index >= 15 is 0 Å². The van der Waals surface area contributed by atoms with Crippen LogP contribution in [0.3, 0.4) is 0 Å². The second-order valence-corrected chi connectivity index (χ2v) is 12.9. The highest BCUT2D eigenvalue weighted by atomic mass is 16.7. The highest BCUT2D eigenvalue weighted by Crippen LogP contribution is 2.42. The molecule has 4 aromatic rings. The first-order valence-corrected chi connectivity index (χ1v) is 17.2. The molecule has 4 atom stereocenters. The molecule has 51 heavy (non-hydrogen) atoms. The fraction of sp³-hybridized carbons (Fsp3) is 0.325. The van der Waals surface area contributed by atoms with Gasteiger partial charge in [-0.25, -0.2) is 4.79 Å².